The molecule has 0 saturated carbocycles. The van der Waals surface area contributed by atoms with E-state index in [1.165, 1.54) is 0 Å². The number of nitriles is 1. The number of hydrogen-bond acceptors (Lipinski definition) is 6. The second-order valence-electron chi connectivity index (χ2n) is 4.67. The third-order valence-electron chi connectivity index (χ3n) is 3.40. The molecule has 0 aromatic carbocycles. The van der Waals surface area contributed by atoms with Gasteiger partial charge in [0.25, 0.3) is 0 Å². The lowest BCUT2D eigenvalue weighted by Crippen LogP contribution is -2.47. The van der Waals surface area contributed by atoms with Gasteiger partial charge in [0.2, 0.25) is 11.9 Å². The number of aryl methyl sites for hydroxylation is 1. The average molecular weight is 269 g/mol. The number of aromatic nitrogens is 4. The van der Waals surface area contributed by atoms with Gasteiger partial charge in [-0.3, -0.25) is 0 Å². The van der Waals surface area contributed by atoms with Gasteiger partial charge < -0.3 is 14.4 Å². The third kappa shape index (κ3) is 2.28. The van der Waals surface area contributed by atoms with Gasteiger partial charge in [-0.05, 0) is 6.07 Å². The van der Waals surface area contributed by atoms with E-state index in [9.17, 15) is 0 Å². The zero-order valence-corrected chi connectivity index (χ0v) is 11.3. The van der Waals surface area contributed by atoms with Crippen LogP contribution in [0.25, 0.3) is 0 Å². The Hall–Kier alpha value is -2.62. The minimum atomic E-state index is 0.404. The van der Waals surface area contributed by atoms with Crippen molar-refractivity contribution in [1.82, 2.24) is 19.5 Å². The monoisotopic (exact) mass is 269 g/mol. The highest BCUT2D eigenvalue weighted by atomic mass is 15.4. The summed E-state index contributed by atoms with van der Waals surface area (Å²) >= 11 is 0. The zero-order valence-electron chi connectivity index (χ0n) is 11.3. The molecule has 2 aromatic heterocycles. The van der Waals surface area contributed by atoms with Crippen molar-refractivity contribution in [2.24, 2.45) is 7.05 Å². The summed E-state index contributed by atoms with van der Waals surface area (Å²) in [6.45, 7) is 3.37. The predicted octanol–water partition coefficient (Wildman–Crippen LogP) is 0.408. The van der Waals surface area contributed by atoms with Crippen LogP contribution in [0.15, 0.2) is 24.7 Å². The Morgan fingerprint density at radius 1 is 1.10 bits per heavy atom. The fourth-order valence-electron chi connectivity index (χ4n) is 2.33. The molecule has 0 radical (unpaired) electrons. The summed E-state index contributed by atoms with van der Waals surface area (Å²) in [5.41, 5.74) is 0.404. The Labute approximate surface area is 117 Å². The van der Waals surface area contributed by atoms with Gasteiger partial charge in [-0.25, -0.2) is 15.0 Å². The first kappa shape index (κ1) is 12.4. The van der Waals surface area contributed by atoms with Crippen LogP contribution in [0.1, 0.15) is 5.69 Å². The highest BCUT2D eigenvalue weighted by Crippen LogP contribution is 2.15. The van der Waals surface area contributed by atoms with Crippen molar-refractivity contribution in [3.8, 4) is 6.07 Å². The van der Waals surface area contributed by atoms with E-state index in [0.29, 0.717) is 11.6 Å². The molecule has 1 aliphatic heterocycles. The number of piperazine rings is 1. The van der Waals surface area contributed by atoms with E-state index < -0.39 is 0 Å². The quantitative estimate of drug-likeness (QED) is 0.786. The van der Waals surface area contributed by atoms with Gasteiger partial charge in [-0.2, -0.15) is 5.26 Å². The standard InChI is InChI=1S/C13H15N7/c1-18-5-4-16-13(18)20-8-6-19(7-9-20)12-15-3-2-11(10-14)17-12/h2-5H,6-9H2,1H3. The fraction of sp³-hybridized carbons (Fsp3) is 0.385. The van der Waals surface area contributed by atoms with Crippen LogP contribution >= 0.6 is 0 Å². The molecule has 2 aromatic rings. The van der Waals surface area contributed by atoms with Gasteiger partial charge in [0.1, 0.15) is 11.8 Å². The summed E-state index contributed by atoms with van der Waals surface area (Å²) in [4.78, 5) is 17.2. The molecular formula is C13H15N7. The average Bonchev–Trinajstić information content (AvgIpc) is 2.94. The summed E-state index contributed by atoms with van der Waals surface area (Å²) in [5, 5.41) is 8.88. The minimum Gasteiger partial charge on any atom is -0.339 e. The van der Waals surface area contributed by atoms with E-state index in [2.05, 4.69) is 24.8 Å². The second kappa shape index (κ2) is 5.17. The Balaban J connectivity index is 1.69. The molecule has 3 heterocycles. The van der Waals surface area contributed by atoms with E-state index in [1.54, 1.807) is 18.5 Å². The number of rotatable bonds is 2. The molecule has 0 aliphatic carbocycles. The van der Waals surface area contributed by atoms with Crippen molar-refractivity contribution in [3.05, 3.63) is 30.4 Å². The van der Waals surface area contributed by atoms with Crippen molar-refractivity contribution in [2.45, 2.75) is 0 Å². The fourth-order valence-corrected chi connectivity index (χ4v) is 2.33. The zero-order chi connectivity index (χ0) is 13.9. The lowest BCUT2D eigenvalue weighted by Gasteiger charge is -2.35. The maximum Gasteiger partial charge on any atom is 0.226 e. The topological polar surface area (TPSA) is 73.9 Å². The van der Waals surface area contributed by atoms with E-state index in [1.807, 2.05) is 23.9 Å². The molecule has 1 aliphatic rings. The first-order chi connectivity index (χ1) is 9.78. The highest BCUT2D eigenvalue weighted by molar-refractivity contribution is 5.39. The van der Waals surface area contributed by atoms with Crippen molar-refractivity contribution in [2.75, 3.05) is 36.0 Å². The van der Waals surface area contributed by atoms with Crippen LogP contribution in [0.3, 0.4) is 0 Å². The predicted molar refractivity (Wildman–Crippen MR) is 74.4 cm³/mol. The molecule has 7 heteroatoms. The highest BCUT2D eigenvalue weighted by Gasteiger charge is 2.21. The first-order valence-electron chi connectivity index (χ1n) is 6.48. The van der Waals surface area contributed by atoms with Gasteiger partial charge >= 0.3 is 0 Å². The van der Waals surface area contributed by atoms with Gasteiger partial charge in [-0.1, -0.05) is 0 Å². The van der Waals surface area contributed by atoms with Gasteiger partial charge in [0, 0.05) is 51.8 Å². The Morgan fingerprint density at radius 2 is 1.85 bits per heavy atom. The van der Waals surface area contributed by atoms with E-state index in [0.717, 1.165) is 32.1 Å². The molecule has 7 nitrogen and oxygen atoms in total. The summed E-state index contributed by atoms with van der Waals surface area (Å²) in [7, 11) is 1.99. The maximum atomic E-state index is 8.88. The molecule has 3 rings (SSSR count). The van der Waals surface area contributed by atoms with Gasteiger partial charge in [0.05, 0.1) is 0 Å². The summed E-state index contributed by atoms with van der Waals surface area (Å²) in [6.07, 6.45) is 5.38. The minimum absolute atomic E-state index is 0.404. The van der Waals surface area contributed by atoms with Crippen molar-refractivity contribution < 1.29 is 0 Å². The molecule has 0 atom stereocenters. The van der Waals surface area contributed by atoms with Crippen molar-refractivity contribution >= 4 is 11.9 Å². The third-order valence-corrected chi connectivity index (χ3v) is 3.40. The molecule has 1 fully saturated rings. The van der Waals surface area contributed by atoms with Gasteiger partial charge in [0.15, 0.2) is 0 Å². The Bertz CT molecular complexity index is 634. The van der Waals surface area contributed by atoms with E-state index >= 15 is 0 Å². The number of anilines is 2. The Kier molecular flexibility index (Phi) is 3.21. The largest absolute Gasteiger partial charge is 0.339 e. The van der Waals surface area contributed by atoms with E-state index in [4.69, 9.17) is 5.26 Å². The summed E-state index contributed by atoms with van der Waals surface area (Å²) in [6, 6.07) is 3.66. The number of hydrogen-bond donors (Lipinski definition) is 0. The lowest BCUT2D eigenvalue weighted by molar-refractivity contribution is 0.619. The van der Waals surface area contributed by atoms with Crippen LogP contribution in [-0.4, -0.2) is 45.7 Å². The Morgan fingerprint density at radius 3 is 2.50 bits per heavy atom. The molecule has 0 spiro atoms. The molecule has 102 valence electrons. The number of imidazole rings is 1. The smallest absolute Gasteiger partial charge is 0.226 e. The van der Waals surface area contributed by atoms with Crippen LogP contribution in [0.4, 0.5) is 11.9 Å². The first-order valence-corrected chi connectivity index (χ1v) is 6.48. The van der Waals surface area contributed by atoms with Crippen molar-refractivity contribution in [1.29, 1.82) is 5.26 Å². The second-order valence-corrected chi connectivity index (χ2v) is 4.67. The lowest BCUT2D eigenvalue weighted by atomic mass is 10.3. The van der Waals surface area contributed by atoms with Crippen LogP contribution in [0, 0.1) is 11.3 Å². The summed E-state index contributed by atoms with van der Waals surface area (Å²) < 4.78 is 2.02. The summed E-state index contributed by atoms with van der Waals surface area (Å²) in [5.74, 6) is 1.61. The van der Waals surface area contributed by atoms with Crippen LogP contribution < -0.4 is 9.80 Å². The SMILES string of the molecule is Cn1ccnc1N1CCN(c2nccc(C#N)n2)CC1. The molecule has 20 heavy (non-hydrogen) atoms. The molecular weight excluding hydrogens is 254 g/mol. The molecule has 0 amide bonds. The number of nitrogens with zero attached hydrogens (tertiary/aromatic N) is 7. The van der Waals surface area contributed by atoms with Crippen LogP contribution in [0.2, 0.25) is 0 Å². The molecule has 0 bridgehead atoms. The van der Waals surface area contributed by atoms with Crippen molar-refractivity contribution in [3.63, 3.8) is 0 Å². The normalized spacial score (nSPS) is 15.2. The maximum absolute atomic E-state index is 8.88. The molecule has 0 N–H and O–H groups in total. The molecule has 0 unspecified atom stereocenters. The molecule has 1 saturated heterocycles. The van der Waals surface area contributed by atoms with E-state index in [-0.39, 0.29) is 0 Å². The van der Waals surface area contributed by atoms with Gasteiger partial charge in [-0.15, -0.1) is 0 Å². The van der Waals surface area contributed by atoms with Crippen LogP contribution in [0.5, 0.6) is 0 Å². The van der Waals surface area contributed by atoms with Crippen LogP contribution in [-0.2, 0) is 7.05 Å².